The molecule has 0 aliphatic carbocycles. The number of rotatable bonds is 4. The van der Waals surface area contributed by atoms with E-state index < -0.39 is 0 Å². The quantitative estimate of drug-likeness (QED) is 0.707. The summed E-state index contributed by atoms with van der Waals surface area (Å²) in [4.78, 5) is 23.6. The topological polar surface area (TPSA) is 46.1 Å². The Balaban J connectivity index is 1.74. The lowest BCUT2D eigenvalue weighted by molar-refractivity contribution is -0.117. The van der Waals surface area contributed by atoms with Gasteiger partial charge in [-0.2, -0.15) is 0 Å². The highest BCUT2D eigenvalue weighted by Gasteiger charge is 2.30. The number of hydrogen-bond acceptors (Lipinski definition) is 3. The van der Waals surface area contributed by atoms with Gasteiger partial charge in [-0.15, -0.1) is 0 Å². The highest BCUT2D eigenvalue weighted by Crippen LogP contribution is 2.32. The summed E-state index contributed by atoms with van der Waals surface area (Å²) in [5.41, 5.74) is 4.24. The Morgan fingerprint density at radius 1 is 1.04 bits per heavy atom. The molecule has 1 aliphatic heterocycles. The second-order valence-electron chi connectivity index (χ2n) is 6.93. The van der Waals surface area contributed by atoms with E-state index in [0.717, 1.165) is 22.5 Å². The molecule has 26 heavy (non-hydrogen) atoms. The molecule has 1 amide bonds. The second kappa shape index (κ2) is 6.71. The Morgan fingerprint density at radius 3 is 2.54 bits per heavy atom. The molecular weight excluding hydrogens is 322 g/mol. The molecule has 1 aromatic heterocycles. The second-order valence-corrected chi connectivity index (χ2v) is 6.93. The third-order valence-corrected chi connectivity index (χ3v) is 4.75. The van der Waals surface area contributed by atoms with Gasteiger partial charge in [0.2, 0.25) is 5.91 Å². The molecule has 0 N–H and O–H groups in total. The summed E-state index contributed by atoms with van der Waals surface area (Å²) in [6.07, 6.45) is 2.17. The van der Waals surface area contributed by atoms with Crippen LogP contribution in [0.4, 0.5) is 5.82 Å². The van der Waals surface area contributed by atoms with Crippen molar-refractivity contribution in [3.63, 3.8) is 0 Å². The van der Waals surface area contributed by atoms with Gasteiger partial charge < -0.3 is 0 Å². The molecule has 0 saturated carbocycles. The fourth-order valence-electron chi connectivity index (χ4n) is 3.40. The van der Waals surface area contributed by atoms with Crippen LogP contribution in [0.2, 0.25) is 0 Å². The molecule has 0 unspecified atom stereocenters. The lowest BCUT2D eigenvalue weighted by atomic mass is 9.97. The standard InChI is InChI=1S/C22H21N3O/c1-15(2)18-10-6-7-11-19(18)21-23-13-17-12-20(26)25(22(17)24-21)14-16-8-4-3-5-9-16/h3-11,13,15H,12,14H2,1-2H3. The molecule has 4 rings (SSSR count). The van der Waals surface area contributed by atoms with Gasteiger partial charge in [-0.1, -0.05) is 68.4 Å². The third kappa shape index (κ3) is 2.99. The van der Waals surface area contributed by atoms with Crippen LogP contribution in [-0.2, 0) is 17.8 Å². The number of fused-ring (bicyclic) bond motifs is 1. The molecule has 0 spiro atoms. The average Bonchev–Trinajstić information content (AvgIpc) is 2.97. The van der Waals surface area contributed by atoms with Crippen molar-refractivity contribution < 1.29 is 4.79 Å². The molecule has 2 heterocycles. The van der Waals surface area contributed by atoms with Crippen molar-refractivity contribution in [2.45, 2.75) is 32.7 Å². The smallest absolute Gasteiger partial charge is 0.233 e. The molecule has 0 atom stereocenters. The maximum Gasteiger partial charge on any atom is 0.233 e. The minimum absolute atomic E-state index is 0.0763. The van der Waals surface area contributed by atoms with Crippen LogP contribution >= 0.6 is 0 Å². The fourth-order valence-corrected chi connectivity index (χ4v) is 3.40. The number of aromatic nitrogens is 2. The summed E-state index contributed by atoms with van der Waals surface area (Å²) in [6, 6.07) is 18.2. The summed E-state index contributed by atoms with van der Waals surface area (Å²) in [7, 11) is 0. The van der Waals surface area contributed by atoms with E-state index in [-0.39, 0.29) is 5.91 Å². The van der Waals surface area contributed by atoms with Gasteiger partial charge in [-0.3, -0.25) is 9.69 Å². The van der Waals surface area contributed by atoms with E-state index in [9.17, 15) is 4.79 Å². The number of carbonyl (C=O) groups is 1. The molecule has 3 aromatic rings. The molecule has 1 aliphatic rings. The largest absolute Gasteiger partial charge is 0.292 e. The highest BCUT2D eigenvalue weighted by molar-refractivity contribution is 6.00. The Labute approximate surface area is 153 Å². The lowest BCUT2D eigenvalue weighted by Gasteiger charge is -2.18. The first-order valence-corrected chi connectivity index (χ1v) is 8.93. The van der Waals surface area contributed by atoms with Crippen molar-refractivity contribution in [2.24, 2.45) is 0 Å². The zero-order valence-electron chi connectivity index (χ0n) is 15.0. The van der Waals surface area contributed by atoms with Gasteiger partial charge in [0.05, 0.1) is 13.0 Å². The van der Waals surface area contributed by atoms with Crippen molar-refractivity contribution >= 4 is 11.7 Å². The molecule has 130 valence electrons. The van der Waals surface area contributed by atoms with Gasteiger partial charge in [0.15, 0.2) is 5.82 Å². The van der Waals surface area contributed by atoms with E-state index in [2.05, 4.69) is 31.0 Å². The molecule has 4 heteroatoms. The van der Waals surface area contributed by atoms with Crippen molar-refractivity contribution in [3.8, 4) is 11.4 Å². The average molecular weight is 343 g/mol. The van der Waals surface area contributed by atoms with Crippen molar-refractivity contribution in [1.29, 1.82) is 0 Å². The van der Waals surface area contributed by atoms with Gasteiger partial charge in [0.1, 0.15) is 5.82 Å². The number of carbonyl (C=O) groups excluding carboxylic acids is 1. The van der Waals surface area contributed by atoms with Crippen LogP contribution in [0, 0.1) is 0 Å². The van der Waals surface area contributed by atoms with Gasteiger partial charge in [-0.05, 0) is 17.0 Å². The third-order valence-electron chi connectivity index (χ3n) is 4.75. The number of hydrogen-bond donors (Lipinski definition) is 0. The molecule has 0 bridgehead atoms. The summed E-state index contributed by atoms with van der Waals surface area (Å²) >= 11 is 0. The normalized spacial score (nSPS) is 13.3. The predicted octanol–water partition coefficient (Wildman–Crippen LogP) is 4.36. The van der Waals surface area contributed by atoms with Crippen LogP contribution in [-0.4, -0.2) is 15.9 Å². The van der Waals surface area contributed by atoms with E-state index in [4.69, 9.17) is 4.98 Å². The Kier molecular flexibility index (Phi) is 4.25. The summed E-state index contributed by atoms with van der Waals surface area (Å²) in [6.45, 7) is 4.86. The van der Waals surface area contributed by atoms with Crippen molar-refractivity contribution in [1.82, 2.24) is 9.97 Å². The first-order valence-electron chi connectivity index (χ1n) is 8.93. The Bertz CT molecular complexity index is 951. The molecule has 0 fully saturated rings. The monoisotopic (exact) mass is 343 g/mol. The first kappa shape index (κ1) is 16.5. The molecular formula is C22H21N3O. The highest BCUT2D eigenvalue weighted by atomic mass is 16.2. The molecule has 2 aromatic carbocycles. The van der Waals surface area contributed by atoms with Gasteiger partial charge >= 0.3 is 0 Å². The molecule has 0 saturated heterocycles. The SMILES string of the molecule is CC(C)c1ccccc1-c1ncc2c(n1)N(Cc1ccccc1)C(=O)C2. The van der Waals surface area contributed by atoms with E-state index in [0.29, 0.717) is 24.7 Å². The lowest BCUT2D eigenvalue weighted by Crippen LogP contribution is -2.26. The maximum atomic E-state index is 12.5. The van der Waals surface area contributed by atoms with E-state index in [1.54, 1.807) is 11.1 Å². The summed E-state index contributed by atoms with van der Waals surface area (Å²) < 4.78 is 0. The van der Waals surface area contributed by atoms with Crippen LogP contribution in [0.15, 0.2) is 60.8 Å². The summed E-state index contributed by atoms with van der Waals surface area (Å²) in [5, 5.41) is 0. The van der Waals surface area contributed by atoms with Gasteiger partial charge in [0, 0.05) is 17.3 Å². The number of nitrogens with zero attached hydrogens (tertiary/aromatic N) is 3. The Hall–Kier alpha value is -3.01. The number of amides is 1. The van der Waals surface area contributed by atoms with Gasteiger partial charge in [0.25, 0.3) is 0 Å². The Morgan fingerprint density at radius 2 is 1.77 bits per heavy atom. The number of benzene rings is 2. The van der Waals surface area contributed by atoms with Crippen LogP contribution in [0.1, 0.15) is 36.5 Å². The molecule has 0 radical (unpaired) electrons. The minimum atomic E-state index is 0.0763. The van der Waals surface area contributed by atoms with Gasteiger partial charge in [-0.25, -0.2) is 9.97 Å². The van der Waals surface area contributed by atoms with E-state index in [1.807, 2.05) is 42.5 Å². The summed E-state index contributed by atoms with van der Waals surface area (Å²) in [5.74, 6) is 1.88. The zero-order chi connectivity index (χ0) is 18.1. The van der Waals surface area contributed by atoms with Crippen LogP contribution in [0.25, 0.3) is 11.4 Å². The van der Waals surface area contributed by atoms with Crippen molar-refractivity contribution in [2.75, 3.05) is 4.90 Å². The zero-order valence-corrected chi connectivity index (χ0v) is 15.0. The number of anilines is 1. The van der Waals surface area contributed by atoms with Crippen LogP contribution < -0.4 is 4.90 Å². The van der Waals surface area contributed by atoms with E-state index in [1.165, 1.54) is 5.56 Å². The fraction of sp³-hybridized carbons (Fsp3) is 0.227. The van der Waals surface area contributed by atoms with Crippen LogP contribution in [0.3, 0.4) is 0 Å². The van der Waals surface area contributed by atoms with E-state index >= 15 is 0 Å². The maximum absolute atomic E-state index is 12.5. The predicted molar refractivity (Wildman–Crippen MR) is 103 cm³/mol. The van der Waals surface area contributed by atoms with Crippen LogP contribution in [0.5, 0.6) is 0 Å². The van der Waals surface area contributed by atoms with Crippen molar-refractivity contribution in [3.05, 3.63) is 77.5 Å². The first-order chi connectivity index (χ1) is 12.6. The minimum Gasteiger partial charge on any atom is -0.292 e. The molecule has 4 nitrogen and oxygen atoms in total.